The number of hydrogen-bond acceptors (Lipinski definition) is 4. The van der Waals surface area contributed by atoms with Crippen molar-refractivity contribution >= 4 is 26.0 Å². The predicted octanol–water partition coefficient (Wildman–Crippen LogP) is 3.12. The topological polar surface area (TPSA) is 64.6 Å². The minimum Gasteiger partial charge on any atom is -0.495 e. The summed E-state index contributed by atoms with van der Waals surface area (Å²) in [5.74, 6) is 1.00. The standard InChI is InChI=1S/C16H18BrNO4S/c1-12-4-3-5-14(10-12)22-9-8-18-23(19,20)16-11-13(17)6-7-15(16)21-2/h3-7,10-11,18H,8-9H2,1-2H3. The highest BCUT2D eigenvalue weighted by molar-refractivity contribution is 9.10. The lowest BCUT2D eigenvalue weighted by atomic mass is 10.2. The second-order valence-corrected chi connectivity index (χ2v) is 7.51. The number of hydrogen-bond donors (Lipinski definition) is 1. The van der Waals surface area contributed by atoms with E-state index in [1.807, 2.05) is 31.2 Å². The van der Waals surface area contributed by atoms with Crippen molar-refractivity contribution in [2.45, 2.75) is 11.8 Å². The van der Waals surface area contributed by atoms with Crippen molar-refractivity contribution in [1.82, 2.24) is 4.72 Å². The van der Waals surface area contributed by atoms with Crippen LogP contribution in [0.25, 0.3) is 0 Å². The minimum atomic E-state index is -3.67. The van der Waals surface area contributed by atoms with E-state index in [1.165, 1.54) is 13.2 Å². The predicted molar refractivity (Wildman–Crippen MR) is 92.6 cm³/mol. The Morgan fingerprint density at radius 1 is 1.17 bits per heavy atom. The van der Waals surface area contributed by atoms with Gasteiger partial charge < -0.3 is 9.47 Å². The number of nitrogens with one attached hydrogen (secondary N) is 1. The molecule has 1 N–H and O–H groups in total. The molecule has 0 spiro atoms. The maximum Gasteiger partial charge on any atom is 0.244 e. The van der Waals surface area contributed by atoms with Crippen molar-refractivity contribution in [2.24, 2.45) is 0 Å². The van der Waals surface area contributed by atoms with Gasteiger partial charge in [0.25, 0.3) is 0 Å². The van der Waals surface area contributed by atoms with E-state index in [0.717, 1.165) is 5.56 Å². The van der Waals surface area contributed by atoms with E-state index in [4.69, 9.17) is 9.47 Å². The fraction of sp³-hybridized carbons (Fsp3) is 0.250. The number of sulfonamides is 1. The molecule has 2 aromatic carbocycles. The van der Waals surface area contributed by atoms with E-state index in [9.17, 15) is 8.42 Å². The molecule has 5 nitrogen and oxygen atoms in total. The Kier molecular flexibility index (Phi) is 6.04. The minimum absolute atomic E-state index is 0.0879. The first-order chi connectivity index (χ1) is 10.9. The van der Waals surface area contributed by atoms with Crippen LogP contribution in [-0.4, -0.2) is 28.7 Å². The molecular weight excluding hydrogens is 382 g/mol. The zero-order chi connectivity index (χ0) is 16.9. The van der Waals surface area contributed by atoms with Gasteiger partial charge in [0, 0.05) is 11.0 Å². The van der Waals surface area contributed by atoms with Gasteiger partial charge in [-0.05, 0) is 42.8 Å². The van der Waals surface area contributed by atoms with Crippen molar-refractivity contribution in [3.05, 3.63) is 52.5 Å². The molecule has 0 fully saturated rings. The van der Waals surface area contributed by atoms with Crippen LogP contribution in [0.3, 0.4) is 0 Å². The molecule has 2 aromatic rings. The lowest BCUT2D eigenvalue weighted by molar-refractivity contribution is 0.322. The first kappa shape index (κ1) is 17.8. The summed E-state index contributed by atoms with van der Waals surface area (Å²) < 4.78 is 38.5. The van der Waals surface area contributed by atoms with Crippen LogP contribution in [0.2, 0.25) is 0 Å². The fourth-order valence-corrected chi connectivity index (χ4v) is 3.71. The van der Waals surface area contributed by atoms with Gasteiger partial charge in [-0.2, -0.15) is 0 Å². The maximum atomic E-state index is 12.4. The van der Waals surface area contributed by atoms with Gasteiger partial charge in [0.15, 0.2) is 0 Å². The molecule has 2 rings (SSSR count). The maximum absolute atomic E-state index is 12.4. The van der Waals surface area contributed by atoms with Gasteiger partial charge in [0.05, 0.1) is 7.11 Å². The average molecular weight is 400 g/mol. The highest BCUT2D eigenvalue weighted by Crippen LogP contribution is 2.26. The summed E-state index contributed by atoms with van der Waals surface area (Å²) in [4.78, 5) is 0.0879. The Balaban J connectivity index is 1.98. The molecule has 0 saturated carbocycles. The zero-order valence-corrected chi connectivity index (χ0v) is 15.3. The highest BCUT2D eigenvalue weighted by atomic mass is 79.9. The number of rotatable bonds is 7. The third-order valence-electron chi connectivity index (χ3n) is 3.07. The summed E-state index contributed by atoms with van der Waals surface area (Å²) in [5, 5.41) is 0. The summed E-state index contributed by atoms with van der Waals surface area (Å²) in [5.41, 5.74) is 1.09. The summed E-state index contributed by atoms with van der Waals surface area (Å²) >= 11 is 3.26. The number of benzene rings is 2. The molecule has 124 valence electrons. The average Bonchev–Trinajstić information content (AvgIpc) is 2.52. The second-order valence-electron chi connectivity index (χ2n) is 4.86. The van der Waals surface area contributed by atoms with Crippen LogP contribution in [0.15, 0.2) is 51.8 Å². The van der Waals surface area contributed by atoms with E-state index in [-0.39, 0.29) is 18.0 Å². The van der Waals surface area contributed by atoms with Crippen molar-refractivity contribution in [1.29, 1.82) is 0 Å². The highest BCUT2D eigenvalue weighted by Gasteiger charge is 2.19. The Labute approximate surface area is 144 Å². The third kappa shape index (κ3) is 4.95. The molecule has 0 aliphatic heterocycles. The van der Waals surface area contributed by atoms with Crippen LogP contribution >= 0.6 is 15.9 Å². The van der Waals surface area contributed by atoms with E-state index in [0.29, 0.717) is 16.0 Å². The van der Waals surface area contributed by atoms with Crippen molar-refractivity contribution in [3.8, 4) is 11.5 Å². The van der Waals surface area contributed by atoms with E-state index in [1.54, 1.807) is 12.1 Å². The monoisotopic (exact) mass is 399 g/mol. The normalized spacial score (nSPS) is 11.3. The number of aryl methyl sites for hydroxylation is 1. The van der Waals surface area contributed by atoms with Gasteiger partial charge in [0.1, 0.15) is 23.0 Å². The number of halogens is 1. The lowest BCUT2D eigenvalue weighted by Gasteiger charge is -2.12. The van der Waals surface area contributed by atoms with Crippen LogP contribution in [0.5, 0.6) is 11.5 Å². The molecule has 0 aliphatic carbocycles. The summed E-state index contributed by atoms with van der Waals surface area (Å²) in [6.45, 7) is 2.36. The fourth-order valence-electron chi connectivity index (χ4n) is 1.99. The van der Waals surface area contributed by atoms with Crippen molar-refractivity contribution in [2.75, 3.05) is 20.3 Å². The quantitative estimate of drug-likeness (QED) is 0.726. The van der Waals surface area contributed by atoms with Gasteiger partial charge in [-0.1, -0.05) is 28.1 Å². The third-order valence-corrected chi connectivity index (χ3v) is 5.04. The van der Waals surface area contributed by atoms with E-state index < -0.39 is 10.0 Å². The Morgan fingerprint density at radius 3 is 2.65 bits per heavy atom. The molecule has 0 unspecified atom stereocenters. The Hall–Kier alpha value is -1.57. The van der Waals surface area contributed by atoms with Gasteiger partial charge in [-0.3, -0.25) is 0 Å². The molecule has 0 amide bonds. The molecule has 7 heteroatoms. The van der Waals surface area contributed by atoms with Crippen LogP contribution < -0.4 is 14.2 Å². The Morgan fingerprint density at radius 2 is 1.96 bits per heavy atom. The summed E-state index contributed by atoms with van der Waals surface area (Å²) in [6.07, 6.45) is 0. The molecule has 0 aliphatic rings. The van der Waals surface area contributed by atoms with E-state index in [2.05, 4.69) is 20.7 Å². The summed E-state index contributed by atoms with van der Waals surface area (Å²) in [7, 11) is -2.24. The summed E-state index contributed by atoms with van der Waals surface area (Å²) in [6, 6.07) is 12.4. The molecule has 0 saturated heterocycles. The van der Waals surface area contributed by atoms with Gasteiger partial charge in [-0.15, -0.1) is 0 Å². The lowest BCUT2D eigenvalue weighted by Crippen LogP contribution is -2.28. The van der Waals surface area contributed by atoms with Crippen LogP contribution in [0.4, 0.5) is 0 Å². The largest absolute Gasteiger partial charge is 0.495 e. The van der Waals surface area contributed by atoms with Crippen molar-refractivity contribution < 1.29 is 17.9 Å². The second kappa shape index (κ2) is 7.81. The van der Waals surface area contributed by atoms with Crippen LogP contribution in [0.1, 0.15) is 5.56 Å². The molecule has 0 bridgehead atoms. The number of methoxy groups -OCH3 is 1. The van der Waals surface area contributed by atoms with Crippen molar-refractivity contribution in [3.63, 3.8) is 0 Å². The molecular formula is C16H18BrNO4S. The van der Waals surface area contributed by atoms with Crippen LogP contribution in [-0.2, 0) is 10.0 Å². The van der Waals surface area contributed by atoms with Gasteiger partial charge >= 0.3 is 0 Å². The van der Waals surface area contributed by atoms with E-state index >= 15 is 0 Å². The first-order valence-corrected chi connectivity index (χ1v) is 9.22. The zero-order valence-electron chi connectivity index (χ0n) is 12.9. The smallest absolute Gasteiger partial charge is 0.244 e. The van der Waals surface area contributed by atoms with Gasteiger partial charge in [0.2, 0.25) is 10.0 Å². The van der Waals surface area contributed by atoms with Crippen LogP contribution in [0, 0.1) is 6.92 Å². The number of ether oxygens (including phenoxy) is 2. The van der Waals surface area contributed by atoms with Gasteiger partial charge in [-0.25, -0.2) is 13.1 Å². The Bertz CT molecular complexity index is 777. The molecule has 0 atom stereocenters. The first-order valence-electron chi connectivity index (χ1n) is 6.95. The molecule has 0 aromatic heterocycles. The molecule has 0 heterocycles. The molecule has 23 heavy (non-hydrogen) atoms. The molecule has 0 radical (unpaired) electrons. The SMILES string of the molecule is COc1ccc(Br)cc1S(=O)(=O)NCCOc1cccc(C)c1.